The van der Waals surface area contributed by atoms with Gasteiger partial charge in [0.05, 0.1) is 5.39 Å². The van der Waals surface area contributed by atoms with Crippen LogP contribution in [0.3, 0.4) is 0 Å². The molecule has 0 amide bonds. The van der Waals surface area contributed by atoms with Crippen LogP contribution in [0.5, 0.6) is 0 Å². The molecular formula is C21H17FN2S2. The molecule has 2 aromatic carbocycles. The van der Waals surface area contributed by atoms with Gasteiger partial charge in [-0.1, -0.05) is 42.5 Å². The Labute approximate surface area is 160 Å². The van der Waals surface area contributed by atoms with Crippen LogP contribution in [0.25, 0.3) is 21.3 Å². The van der Waals surface area contributed by atoms with Crippen LogP contribution in [-0.2, 0) is 6.42 Å². The minimum atomic E-state index is -0.222. The van der Waals surface area contributed by atoms with Gasteiger partial charge in [0.2, 0.25) is 0 Å². The molecule has 0 aliphatic carbocycles. The van der Waals surface area contributed by atoms with Gasteiger partial charge in [-0.25, -0.2) is 14.4 Å². The van der Waals surface area contributed by atoms with E-state index in [1.165, 1.54) is 17.7 Å². The fraction of sp³-hybridized carbons (Fsp3) is 0.143. The summed E-state index contributed by atoms with van der Waals surface area (Å²) in [6.07, 6.45) is 3.79. The Morgan fingerprint density at radius 2 is 1.77 bits per heavy atom. The molecule has 4 rings (SSSR count). The van der Waals surface area contributed by atoms with E-state index >= 15 is 0 Å². The zero-order valence-corrected chi connectivity index (χ0v) is 15.7. The number of hydrogen-bond donors (Lipinski definition) is 0. The molecule has 0 saturated carbocycles. The Morgan fingerprint density at radius 1 is 0.962 bits per heavy atom. The fourth-order valence-electron chi connectivity index (χ4n) is 2.89. The van der Waals surface area contributed by atoms with E-state index in [0.29, 0.717) is 0 Å². The Kier molecular flexibility index (Phi) is 5.27. The van der Waals surface area contributed by atoms with E-state index < -0.39 is 0 Å². The first kappa shape index (κ1) is 17.2. The predicted octanol–water partition coefficient (Wildman–Crippen LogP) is 6.22. The first-order valence-corrected chi connectivity index (χ1v) is 10.3. The van der Waals surface area contributed by atoms with Crippen molar-refractivity contribution < 1.29 is 4.39 Å². The van der Waals surface area contributed by atoms with Crippen molar-refractivity contribution in [2.45, 2.75) is 17.9 Å². The van der Waals surface area contributed by atoms with Gasteiger partial charge in [-0.05, 0) is 41.9 Å². The molecule has 2 heterocycles. The van der Waals surface area contributed by atoms with Crippen molar-refractivity contribution in [1.29, 1.82) is 0 Å². The molecule has 0 spiro atoms. The average Bonchev–Trinajstić information content (AvgIpc) is 3.12. The molecule has 0 radical (unpaired) electrons. The van der Waals surface area contributed by atoms with Crippen molar-refractivity contribution in [2.75, 3.05) is 5.75 Å². The molecule has 0 aliphatic rings. The monoisotopic (exact) mass is 380 g/mol. The summed E-state index contributed by atoms with van der Waals surface area (Å²) in [6, 6.07) is 17.2. The van der Waals surface area contributed by atoms with Gasteiger partial charge in [0.25, 0.3) is 0 Å². The minimum absolute atomic E-state index is 0.222. The highest BCUT2D eigenvalue weighted by atomic mass is 32.2. The molecule has 0 bridgehead atoms. The van der Waals surface area contributed by atoms with Crippen molar-refractivity contribution in [3.63, 3.8) is 0 Å². The van der Waals surface area contributed by atoms with Crippen molar-refractivity contribution in [3.05, 3.63) is 77.7 Å². The van der Waals surface area contributed by atoms with Crippen LogP contribution >= 0.6 is 23.1 Å². The van der Waals surface area contributed by atoms with E-state index in [9.17, 15) is 4.39 Å². The number of rotatable bonds is 6. The number of thioether (sulfide) groups is 1. The third-order valence-electron chi connectivity index (χ3n) is 4.18. The Bertz CT molecular complexity index is 998. The van der Waals surface area contributed by atoms with Crippen LogP contribution in [0.1, 0.15) is 12.0 Å². The summed E-state index contributed by atoms with van der Waals surface area (Å²) in [5, 5.41) is 4.16. The molecule has 0 saturated heterocycles. The lowest BCUT2D eigenvalue weighted by Crippen LogP contribution is -1.90. The molecule has 4 aromatic rings. The summed E-state index contributed by atoms with van der Waals surface area (Å²) in [4.78, 5) is 9.89. The summed E-state index contributed by atoms with van der Waals surface area (Å²) < 4.78 is 13.2. The van der Waals surface area contributed by atoms with E-state index in [-0.39, 0.29) is 5.82 Å². The second-order valence-electron chi connectivity index (χ2n) is 5.95. The summed E-state index contributed by atoms with van der Waals surface area (Å²) in [6.45, 7) is 0. The van der Waals surface area contributed by atoms with E-state index in [0.717, 1.165) is 45.0 Å². The summed E-state index contributed by atoms with van der Waals surface area (Å²) in [7, 11) is 0. The zero-order chi connectivity index (χ0) is 17.8. The van der Waals surface area contributed by atoms with Crippen LogP contribution in [0, 0.1) is 5.82 Å². The van der Waals surface area contributed by atoms with Crippen molar-refractivity contribution in [2.24, 2.45) is 0 Å². The molecule has 0 atom stereocenters. The molecule has 0 fully saturated rings. The van der Waals surface area contributed by atoms with Gasteiger partial charge in [-0.15, -0.1) is 23.1 Å². The largest absolute Gasteiger partial charge is 0.229 e. The molecule has 2 nitrogen and oxygen atoms in total. The second-order valence-corrected chi connectivity index (χ2v) is 7.89. The summed E-state index contributed by atoms with van der Waals surface area (Å²) in [5.41, 5.74) is 3.44. The smallest absolute Gasteiger partial charge is 0.128 e. The molecule has 26 heavy (non-hydrogen) atoms. The highest BCUT2D eigenvalue weighted by Gasteiger charge is 2.13. The van der Waals surface area contributed by atoms with Crippen LogP contribution in [0.2, 0.25) is 0 Å². The average molecular weight is 381 g/mol. The van der Waals surface area contributed by atoms with Gasteiger partial charge in [-0.3, -0.25) is 0 Å². The number of benzene rings is 2. The predicted molar refractivity (Wildman–Crippen MR) is 108 cm³/mol. The van der Waals surface area contributed by atoms with Gasteiger partial charge >= 0.3 is 0 Å². The number of fused-ring (bicyclic) bond motifs is 1. The Balaban J connectivity index is 1.53. The number of halogens is 1. The number of nitrogens with zero attached hydrogens (tertiary/aromatic N) is 2. The normalized spacial score (nSPS) is 11.1. The first-order valence-electron chi connectivity index (χ1n) is 8.46. The van der Waals surface area contributed by atoms with E-state index in [2.05, 4.69) is 39.6 Å². The van der Waals surface area contributed by atoms with Crippen LogP contribution in [0.15, 0.2) is 71.3 Å². The quantitative estimate of drug-likeness (QED) is 0.225. The maximum atomic E-state index is 13.2. The summed E-state index contributed by atoms with van der Waals surface area (Å²) >= 11 is 3.37. The van der Waals surface area contributed by atoms with Gasteiger partial charge < -0.3 is 0 Å². The van der Waals surface area contributed by atoms with E-state index in [1.807, 2.05) is 18.2 Å². The standard InChI is InChI=1S/C21H17FN2S2/c22-17-10-8-16(9-11-17)18-13-26-21-19(18)20(23-14-24-21)25-12-4-7-15-5-2-1-3-6-15/h1-3,5-6,8-11,13-14H,4,7,12H2. The van der Waals surface area contributed by atoms with Gasteiger partial charge in [0.15, 0.2) is 0 Å². The van der Waals surface area contributed by atoms with Crippen molar-refractivity contribution in [1.82, 2.24) is 9.97 Å². The number of aryl methyl sites for hydroxylation is 1. The highest BCUT2D eigenvalue weighted by Crippen LogP contribution is 2.38. The third-order valence-corrected chi connectivity index (χ3v) is 6.14. The van der Waals surface area contributed by atoms with Crippen molar-refractivity contribution in [3.8, 4) is 11.1 Å². The SMILES string of the molecule is Fc1ccc(-c2csc3ncnc(SCCCc4ccccc4)c23)cc1. The van der Waals surface area contributed by atoms with Crippen molar-refractivity contribution >= 4 is 33.3 Å². The zero-order valence-electron chi connectivity index (χ0n) is 14.1. The highest BCUT2D eigenvalue weighted by molar-refractivity contribution is 7.99. The Hall–Kier alpha value is -2.24. The third kappa shape index (κ3) is 3.79. The van der Waals surface area contributed by atoms with Gasteiger partial charge in [0, 0.05) is 10.9 Å². The Morgan fingerprint density at radius 3 is 2.58 bits per heavy atom. The van der Waals surface area contributed by atoms with Crippen LogP contribution in [-0.4, -0.2) is 15.7 Å². The molecule has 0 unspecified atom stereocenters. The van der Waals surface area contributed by atoms with Crippen LogP contribution < -0.4 is 0 Å². The lowest BCUT2D eigenvalue weighted by Gasteiger charge is -2.06. The molecule has 5 heteroatoms. The van der Waals surface area contributed by atoms with Crippen LogP contribution in [0.4, 0.5) is 4.39 Å². The number of hydrogen-bond acceptors (Lipinski definition) is 4. The number of thiophene rings is 1. The van der Waals surface area contributed by atoms with Gasteiger partial charge in [-0.2, -0.15) is 0 Å². The van der Waals surface area contributed by atoms with E-state index in [4.69, 9.17) is 0 Å². The van der Waals surface area contributed by atoms with E-state index in [1.54, 1.807) is 29.4 Å². The first-order chi connectivity index (χ1) is 12.8. The molecule has 130 valence electrons. The second kappa shape index (κ2) is 7.98. The molecular weight excluding hydrogens is 363 g/mol. The minimum Gasteiger partial charge on any atom is -0.229 e. The molecule has 0 aliphatic heterocycles. The fourth-order valence-corrected chi connectivity index (χ4v) is 4.82. The topological polar surface area (TPSA) is 25.8 Å². The molecule has 0 N–H and O–H groups in total. The van der Waals surface area contributed by atoms with Gasteiger partial charge in [0.1, 0.15) is 22.0 Å². The lowest BCUT2D eigenvalue weighted by atomic mass is 10.1. The lowest BCUT2D eigenvalue weighted by molar-refractivity contribution is 0.628. The number of aromatic nitrogens is 2. The summed E-state index contributed by atoms with van der Waals surface area (Å²) in [5.74, 6) is 0.778. The maximum absolute atomic E-state index is 13.2. The maximum Gasteiger partial charge on any atom is 0.128 e. The molecule has 2 aromatic heterocycles.